The number of amides is 1. The Bertz CT molecular complexity index is 1330. The highest BCUT2D eigenvalue weighted by Crippen LogP contribution is 2.34. The highest BCUT2D eigenvalue weighted by Gasteiger charge is 2.18. The van der Waals surface area contributed by atoms with Gasteiger partial charge in [-0.1, -0.05) is 45.2 Å². The molecule has 0 aliphatic rings. The number of methoxy groups -OCH3 is 1. The van der Waals surface area contributed by atoms with Crippen LogP contribution in [0.3, 0.4) is 0 Å². The van der Waals surface area contributed by atoms with E-state index in [1.165, 1.54) is 0 Å². The van der Waals surface area contributed by atoms with Gasteiger partial charge in [0.1, 0.15) is 11.3 Å². The molecule has 0 spiro atoms. The zero-order valence-corrected chi connectivity index (χ0v) is 19.9. The lowest BCUT2D eigenvalue weighted by atomic mass is 10.1. The summed E-state index contributed by atoms with van der Waals surface area (Å²) in [5.41, 5.74) is 4.53. The van der Waals surface area contributed by atoms with E-state index in [4.69, 9.17) is 32.4 Å². The van der Waals surface area contributed by atoms with Gasteiger partial charge in [-0.3, -0.25) is 4.79 Å². The van der Waals surface area contributed by atoms with Gasteiger partial charge in [0.2, 0.25) is 5.89 Å². The van der Waals surface area contributed by atoms with Gasteiger partial charge in [-0.25, -0.2) is 4.98 Å². The molecule has 0 atom stereocenters. The molecule has 1 amide bonds. The summed E-state index contributed by atoms with van der Waals surface area (Å²) < 4.78 is 12.1. The summed E-state index contributed by atoms with van der Waals surface area (Å²) in [5, 5.41) is 3.83. The summed E-state index contributed by atoms with van der Waals surface area (Å²) in [6, 6.07) is 12.5. The van der Waals surface area contributed by atoms with Crippen molar-refractivity contribution in [3.63, 3.8) is 0 Å². The number of benzene rings is 3. The number of aromatic nitrogens is 1. The molecule has 0 aliphatic carbocycles. The van der Waals surface area contributed by atoms with E-state index in [1.807, 2.05) is 38.1 Å². The molecular weight excluding hydrogens is 503 g/mol. The van der Waals surface area contributed by atoms with Crippen LogP contribution in [0.15, 0.2) is 51.4 Å². The minimum atomic E-state index is -0.283. The minimum Gasteiger partial charge on any atom is -0.496 e. The number of hydrogen-bond acceptors (Lipinski definition) is 4. The van der Waals surface area contributed by atoms with Crippen LogP contribution in [0.4, 0.5) is 5.69 Å². The highest BCUT2D eigenvalue weighted by molar-refractivity contribution is 9.10. The van der Waals surface area contributed by atoms with E-state index in [2.05, 4.69) is 26.2 Å². The molecule has 0 unspecified atom stereocenters. The summed E-state index contributed by atoms with van der Waals surface area (Å²) in [6.45, 7) is 3.79. The van der Waals surface area contributed by atoms with Crippen LogP contribution in [0.25, 0.3) is 22.6 Å². The number of nitrogens with zero attached hydrogens (tertiary/aromatic N) is 1. The molecule has 0 fully saturated rings. The van der Waals surface area contributed by atoms with E-state index >= 15 is 0 Å². The number of anilines is 1. The van der Waals surface area contributed by atoms with Gasteiger partial charge in [0.05, 0.1) is 17.7 Å². The SMILES string of the molecule is COc1c(C)cc(Br)cc1C(=O)Nc1cc(-c2nc3cc(Cl)cc(Cl)c3o2)ccc1C. The molecule has 0 radical (unpaired) electrons. The maximum Gasteiger partial charge on any atom is 0.259 e. The molecule has 0 saturated carbocycles. The summed E-state index contributed by atoms with van der Waals surface area (Å²) in [6.07, 6.45) is 0. The standard InChI is InChI=1S/C23H17BrCl2N2O3/c1-11-4-5-13(23-28-19-10-15(25)9-17(26)21(19)31-23)7-18(11)27-22(29)16-8-14(24)6-12(2)20(16)30-3/h4-10H,1-3H3,(H,27,29). The van der Waals surface area contributed by atoms with Crippen LogP contribution < -0.4 is 10.1 Å². The molecule has 0 aliphatic heterocycles. The van der Waals surface area contributed by atoms with Crippen LogP contribution in [0, 0.1) is 13.8 Å². The Labute approximate surface area is 197 Å². The molecule has 158 valence electrons. The number of aryl methyl sites for hydroxylation is 2. The van der Waals surface area contributed by atoms with Crippen molar-refractivity contribution in [3.8, 4) is 17.2 Å². The first-order chi connectivity index (χ1) is 14.8. The predicted octanol–water partition coefficient (Wildman–Crippen LogP) is 7.44. The fraction of sp³-hybridized carbons (Fsp3) is 0.130. The smallest absolute Gasteiger partial charge is 0.259 e. The van der Waals surface area contributed by atoms with Gasteiger partial charge in [0, 0.05) is 20.7 Å². The third kappa shape index (κ3) is 4.28. The Kier molecular flexibility index (Phi) is 5.97. The number of fused-ring (bicyclic) bond motifs is 1. The van der Waals surface area contributed by atoms with Gasteiger partial charge < -0.3 is 14.5 Å². The van der Waals surface area contributed by atoms with Crippen LogP contribution in [-0.2, 0) is 0 Å². The summed E-state index contributed by atoms with van der Waals surface area (Å²) >= 11 is 15.7. The minimum absolute atomic E-state index is 0.283. The number of carbonyl (C=O) groups is 1. The zero-order valence-electron chi connectivity index (χ0n) is 16.8. The van der Waals surface area contributed by atoms with Crippen molar-refractivity contribution in [3.05, 3.63) is 73.7 Å². The highest BCUT2D eigenvalue weighted by atomic mass is 79.9. The Balaban J connectivity index is 1.71. The first-order valence-electron chi connectivity index (χ1n) is 9.29. The van der Waals surface area contributed by atoms with Crippen LogP contribution >= 0.6 is 39.1 Å². The summed E-state index contributed by atoms with van der Waals surface area (Å²) in [5.74, 6) is 0.624. The van der Waals surface area contributed by atoms with Gasteiger partial charge >= 0.3 is 0 Å². The second-order valence-electron chi connectivity index (χ2n) is 7.04. The molecule has 3 aromatic carbocycles. The monoisotopic (exact) mass is 518 g/mol. The molecule has 4 rings (SSSR count). The number of rotatable bonds is 4. The van der Waals surface area contributed by atoms with Gasteiger partial charge in [0.15, 0.2) is 5.58 Å². The van der Waals surface area contributed by atoms with Crippen molar-refractivity contribution in [2.24, 2.45) is 0 Å². The van der Waals surface area contributed by atoms with Gasteiger partial charge in [-0.15, -0.1) is 0 Å². The van der Waals surface area contributed by atoms with Gasteiger partial charge in [-0.2, -0.15) is 0 Å². The number of hydrogen-bond donors (Lipinski definition) is 1. The first-order valence-corrected chi connectivity index (χ1v) is 10.8. The predicted molar refractivity (Wildman–Crippen MR) is 128 cm³/mol. The molecule has 1 N–H and O–H groups in total. The van der Waals surface area contributed by atoms with Gasteiger partial charge in [-0.05, 0) is 61.4 Å². The molecular formula is C23H17BrCl2N2O3. The van der Waals surface area contributed by atoms with Crippen molar-refractivity contribution >= 4 is 61.8 Å². The number of halogens is 3. The van der Waals surface area contributed by atoms with Crippen LogP contribution in [0.1, 0.15) is 21.5 Å². The van der Waals surface area contributed by atoms with Crippen molar-refractivity contribution in [1.29, 1.82) is 0 Å². The number of nitrogens with one attached hydrogen (secondary N) is 1. The van der Waals surface area contributed by atoms with E-state index < -0.39 is 0 Å². The van der Waals surface area contributed by atoms with E-state index in [9.17, 15) is 4.79 Å². The molecule has 5 nitrogen and oxygen atoms in total. The van der Waals surface area contributed by atoms with Crippen molar-refractivity contribution in [1.82, 2.24) is 4.98 Å². The number of carbonyl (C=O) groups excluding carboxylic acids is 1. The molecule has 1 aromatic heterocycles. The average molecular weight is 520 g/mol. The second kappa shape index (κ2) is 8.54. The topological polar surface area (TPSA) is 64.4 Å². The van der Waals surface area contributed by atoms with E-state index in [0.29, 0.717) is 49.6 Å². The lowest BCUT2D eigenvalue weighted by Gasteiger charge is -2.14. The van der Waals surface area contributed by atoms with Crippen LogP contribution in [-0.4, -0.2) is 18.0 Å². The third-order valence-corrected chi connectivity index (χ3v) is 5.79. The largest absolute Gasteiger partial charge is 0.496 e. The van der Waals surface area contributed by atoms with E-state index in [1.54, 1.807) is 25.3 Å². The Morgan fingerprint density at radius 2 is 1.87 bits per heavy atom. The Morgan fingerprint density at radius 3 is 2.61 bits per heavy atom. The molecule has 0 saturated heterocycles. The fourth-order valence-corrected chi connectivity index (χ4v) is 4.43. The second-order valence-corrected chi connectivity index (χ2v) is 8.80. The molecule has 8 heteroatoms. The van der Waals surface area contributed by atoms with Crippen LogP contribution in [0.5, 0.6) is 5.75 Å². The maximum atomic E-state index is 13.0. The molecule has 4 aromatic rings. The summed E-state index contributed by atoms with van der Waals surface area (Å²) in [4.78, 5) is 17.5. The zero-order chi connectivity index (χ0) is 22.3. The normalized spacial score (nSPS) is 11.0. The molecule has 0 bridgehead atoms. The van der Waals surface area contributed by atoms with Crippen molar-refractivity contribution < 1.29 is 13.9 Å². The third-order valence-electron chi connectivity index (χ3n) is 4.83. The summed E-state index contributed by atoms with van der Waals surface area (Å²) in [7, 11) is 1.55. The maximum absolute atomic E-state index is 13.0. The molecule has 1 heterocycles. The number of oxazole rings is 1. The average Bonchev–Trinajstić information content (AvgIpc) is 3.13. The quantitative estimate of drug-likeness (QED) is 0.304. The number of ether oxygens (including phenoxy) is 1. The molecule has 31 heavy (non-hydrogen) atoms. The first kappa shape index (κ1) is 21.7. The lowest BCUT2D eigenvalue weighted by molar-refractivity contribution is 0.102. The fourth-order valence-electron chi connectivity index (χ4n) is 3.33. The van der Waals surface area contributed by atoms with Crippen LogP contribution in [0.2, 0.25) is 10.0 Å². The van der Waals surface area contributed by atoms with Crippen molar-refractivity contribution in [2.45, 2.75) is 13.8 Å². The Morgan fingerprint density at radius 1 is 1.10 bits per heavy atom. The van der Waals surface area contributed by atoms with E-state index in [-0.39, 0.29) is 5.91 Å². The Hall–Kier alpha value is -2.54. The van der Waals surface area contributed by atoms with Gasteiger partial charge in [0.25, 0.3) is 5.91 Å². The van der Waals surface area contributed by atoms with Crippen molar-refractivity contribution in [2.75, 3.05) is 12.4 Å². The van der Waals surface area contributed by atoms with E-state index in [0.717, 1.165) is 15.6 Å². The lowest BCUT2D eigenvalue weighted by Crippen LogP contribution is -2.14.